The normalized spacial score (nSPS) is 13.1. The van der Waals surface area contributed by atoms with E-state index in [2.05, 4.69) is 4.74 Å². The van der Waals surface area contributed by atoms with E-state index in [0.717, 1.165) is 12.1 Å². The Bertz CT molecular complexity index is 420. The zero-order chi connectivity index (χ0) is 13.8. The first-order valence-electron chi connectivity index (χ1n) is 5.05. The molecule has 4 nitrogen and oxygen atoms in total. The number of hydrogen-bond acceptors (Lipinski definition) is 3. The highest BCUT2D eigenvalue weighted by Crippen LogP contribution is 2.31. The molecule has 7 heteroatoms. The molecule has 0 aromatic heterocycles. The number of hydrogen-bond donors (Lipinski definition) is 2. The maximum Gasteiger partial charge on any atom is 0.416 e. The van der Waals surface area contributed by atoms with Gasteiger partial charge in [0.1, 0.15) is 6.61 Å². The Kier molecular flexibility index (Phi) is 4.55. The quantitative estimate of drug-likeness (QED) is 0.871. The topological polar surface area (TPSA) is 72.6 Å². The molecule has 0 bridgehead atoms. The van der Waals surface area contributed by atoms with Gasteiger partial charge in [0.15, 0.2) is 0 Å². The van der Waals surface area contributed by atoms with Gasteiger partial charge in [0.05, 0.1) is 12.2 Å². The fourth-order valence-corrected chi connectivity index (χ4v) is 1.41. The van der Waals surface area contributed by atoms with Gasteiger partial charge < -0.3 is 15.6 Å². The minimum Gasteiger partial charge on any atom is -0.449 e. The van der Waals surface area contributed by atoms with Gasteiger partial charge in [0.25, 0.3) is 0 Å². The molecule has 1 atom stereocenters. The Morgan fingerprint density at radius 1 is 1.44 bits per heavy atom. The number of aliphatic hydroxyl groups is 1. The summed E-state index contributed by atoms with van der Waals surface area (Å²) in [5.41, 5.74) is 4.16. The number of primary amides is 1. The minimum absolute atomic E-state index is 0.230. The van der Waals surface area contributed by atoms with Crippen LogP contribution in [0.15, 0.2) is 24.3 Å². The van der Waals surface area contributed by atoms with Crippen LogP contribution in [-0.2, 0) is 10.9 Å². The first kappa shape index (κ1) is 14.3. The van der Waals surface area contributed by atoms with E-state index in [1.54, 1.807) is 0 Å². The van der Waals surface area contributed by atoms with Crippen molar-refractivity contribution in [1.29, 1.82) is 0 Å². The molecule has 3 N–H and O–H groups in total. The Balaban J connectivity index is 2.89. The van der Waals surface area contributed by atoms with E-state index in [9.17, 15) is 18.0 Å². The lowest BCUT2D eigenvalue weighted by Gasteiger charge is -2.16. The third-order valence-electron chi connectivity index (χ3n) is 2.33. The fourth-order valence-electron chi connectivity index (χ4n) is 1.41. The average Bonchev–Trinajstić information content (AvgIpc) is 2.29. The lowest BCUT2D eigenvalue weighted by molar-refractivity contribution is -0.137. The molecule has 1 aromatic carbocycles. The van der Waals surface area contributed by atoms with E-state index in [1.165, 1.54) is 12.1 Å². The molecule has 1 unspecified atom stereocenters. The van der Waals surface area contributed by atoms with Gasteiger partial charge in [-0.1, -0.05) is 18.2 Å². The molecule has 0 spiro atoms. The lowest BCUT2D eigenvalue weighted by Crippen LogP contribution is -2.20. The smallest absolute Gasteiger partial charge is 0.416 e. The molecular weight excluding hydrogens is 251 g/mol. The molecule has 18 heavy (non-hydrogen) atoms. The Labute approximate surface area is 101 Å². The number of nitrogens with two attached hydrogens (primary N) is 1. The number of amides is 1. The zero-order valence-corrected chi connectivity index (χ0v) is 9.28. The van der Waals surface area contributed by atoms with Crippen LogP contribution in [0.4, 0.5) is 18.0 Å². The van der Waals surface area contributed by atoms with Crippen molar-refractivity contribution in [2.45, 2.75) is 12.1 Å². The standard InChI is InChI=1S/C11H12F3NO3/c12-11(13,14)9-3-1-2-7(4-9)8(5-16)6-18-10(15)17/h1-4,8,16H,5-6H2,(H2,15,17). The Hall–Kier alpha value is -1.76. The van der Waals surface area contributed by atoms with E-state index in [4.69, 9.17) is 10.8 Å². The molecule has 100 valence electrons. The van der Waals surface area contributed by atoms with Crippen molar-refractivity contribution >= 4 is 6.09 Å². The van der Waals surface area contributed by atoms with E-state index in [-0.39, 0.29) is 12.2 Å². The van der Waals surface area contributed by atoms with Crippen LogP contribution in [-0.4, -0.2) is 24.4 Å². The Morgan fingerprint density at radius 2 is 2.11 bits per heavy atom. The summed E-state index contributed by atoms with van der Waals surface area (Å²) in [6, 6.07) is 4.48. The molecule has 0 saturated carbocycles. The van der Waals surface area contributed by atoms with Crippen LogP contribution in [0.25, 0.3) is 0 Å². The molecule has 1 amide bonds. The molecule has 1 rings (SSSR count). The maximum atomic E-state index is 12.5. The first-order valence-corrected chi connectivity index (χ1v) is 5.05. The highest BCUT2D eigenvalue weighted by atomic mass is 19.4. The SMILES string of the molecule is NC(=O)OCC(CO)c1cccc(C(F)(F)F)c1. The molecule has 1 aromatic rings. The van der Waals surface area contributed by atoms with Gasteiger partial charge in [-0.3, -0.25) is 0 Å². The molecule has 0 aliphatic rings. The summed E-state index contributed by atoms with van der Waals surface area (Å²) >= 11 is 0. The number of carbonyl (C=O) groups is 1. The predicted molar refractivity (Wildman–Crippen MR) is 56.8 cm³/mol. The van der Waals surface area contributed by atoms with Crippen LogP contribution in [0.2, 0.25) is 0 Å². The molecule has 0 saturated heterocycles. The molecule has 0 radical (unpaired) electrons. The van der Waals surface area contributed by atoms with Gasteiger partial charge in [0.2, 0.25) is 0 Å². The van der Waals surface area contributed by atoms with Crippen LogP contribution in [0, 0.1) is 0 Å². The van der Waals surface area contributed by atoms with Gasteiger partial charge in [-0.05, 0) is 11.6 Å². The van der Waals surface area contributed by atoms with Crippen LogP contribution >= 0.6 is 0 Å². The lowest BCUT2D eigenvalue weighted by atomic mass is 9.98. The number of carbonyl (C=O) groups excluding carboxylic acids is 1. The molecular formula is C11H12F3NO3. The van der Waals surface area contributed by atoms with Crippen molar-refractivity contribution in [3.05, 3.63) is 35.4 Å². The van der Waals surface area contributed by atoms with E-state index < -0.39 is 30.4 Å². The third kappa shape index (κ3) is 3.92. The summed E-state index contributed by atoms with van der Waals surface area (Å²) in [5.74, 6) is -0.736. The van der Waals surface area contributed by atoms with Gasteiger partial charge in [-0.2, -0.15) is 13.2 Å². The summed E-state index contributed by atoms with van der Waals surface area (Å²) < 4.78 is 41.9. The number of benzene rings is 1. The van der Waals surface area contributed by atoms with Crippen molar-refractivity contribution in [3.63, 3.8) is 0 Å². The Morgan fingerprint density at radius 3 is 2.61 bits per heavy atom. The fraction of sp³-hybridized carbons (Fsp3) is 0.364. The molecule has 0 aliphatic heterocycles. The van der Waals surface area contributed by atoms with E-state index >= 15 is 0 Å². The monoisotopic (exact) mass is 263 g/mol. The largest absolute Gasteiger partial charge is 0.449 e. The second-order valence-electron chi connectivity index (χ2n) is 3.63. The van der Waals surface area contributed by atoms with Crippen LogP contribution in [0.1, 0.15) is 17.0 Å². The van der Waals surface area contributed by atoms with Crippen molar-refractivity contribution < 1.29 is 27.8 Å². The van der Waals surface area contributed by atoms with Gasteiger partial charge in [-0.15, -0.1) is 0 Å². The van der Waals surface area contributed by atoms with Crippen LogP contribution in [0.3, 0.4) is 0 Å². The molecule has 0 aliphatic carbocycles. The van der Waals surface area contributed by atoms with E-state index in [0.29, 0.717) is 0 Å². The van der Waals surface area contributed by atoms with Crippen molar-refractivity contribution in [2.24, 2.45) is 5.73 Å². The number of halogens is 3. The number of ether oxygens (including phenoxy) is 1. The summed E-state index contributed by atoms with van der Waals surface area (Å²) in [6.07, 6.45) is -5.50. The number of rotatable bonds is 4. The van der Waals surface area contributed by atoms with Crippen molar-refractivity contribution in [1.82, 2.24) is 0 Å². The zero-order valence-electron chi connectivity index (χ0n) is 9.28. The molecule has 0 fully saturated rings. The highest BCUT2D eigenvalue weighted by molar-refractivity contribution is 5.64. The second kappa shape index (κ2) is 5.72. The van der Waals surface area contributed by atoms with Crippen LogP contribution < -0.4 is 5.73 Å². The van der Waals surface area contributed by atoms with Gasteiger partial charge in [0, 0.05) is 5.92 Å². The van der Waals surface area contributed by atoms with E-state index in [1.807, 2.05) is 0 Å². The highest BCUT2D eigenvalue weighted by Gasteiger charge is 2.31. The molecule has 0 heterocycles. The number of alkyl halides is 3. The van der Waals surface area contributed by atoms with Gasteiger partial charge >= 0.3 is 12.3 Å². The first-order chi connectivity index (χ1) is 8.34. The minimum atomic E-state index is -4.46. The summed E-state index contributed by atoms with van der Waals surface area (Å²) in [5, 5.41) is 9.07. The maximum absolute atomic E-state index is 12.5. The second-order valence-corrected chi connectivity index (χ2v) is 3.63. The van der Waals surface area contributed by atoms with Crippen molar-refractivity contribution in [3.8, 4) is 0 Å². The third-order valence-corrected chi connectivity index (χ3v) is 2.33. The van der Waals surface area contributed by atoms with Crippen LogP contribution in [0.5, 0.6) is 0 Å². The number of aliphatic hydroxyl groups excluding tert-OH is 1. The summed E-state index contributed by atoms with van der Waals surface area (Å²) in [4.78, 5) is 10.4. The summed E-state index contributed by atoms with van der Waals surface area (Å²) in [6.45, 7) is -0.721. The van der Waals surface area contributed by atoms with Crippen molar-refractivity contribution in [2.75, 3.05) is 13.2 Å². The average molecular weight is 263 g/mol. The van der Waals surface area contributed by atoms with Gasteiger partial charge in [-0.25, -0.2) is 4.79 Å². The predicted octanol–water partition coefficient (Wildman–Crippen LogP) is 1.88. The summed E-state index contributed by atoms with van der Waals surface area (Å²) in [7, 11) is 0.